The lowest BCUT2D eigenvalue weighted by Gasteiger charge is -2.30. The SMILES string of the molecule is COCC(=O)N1CCC(Cc2ccccc2-c2ccccc2)(C(=O)NC(C)C)C1. The summed E-state index contributed by atoms with van der Waals surface area (Å²) in [5, 5.41) is 3.09. The molecule has 0 saturated carbocycles. The molecule has 0 bridgehead atoms. The smallest absolute Gasteiger partial charge is 0.248 e. The number of benzene rings is 2. The summed E-state index contributed by atoms with van der Waals surface area (Å²) >= 11 is 0. The molecule has 29 heavy (non-hydrogen) atoms. The van der Waals surface area contributed by atoms with E-state index >= 15 is 0 Å². The first-order valence-electron chi connectivity index (χ1n) is 10.2. The van der Waals surface area contributed by atoms with Crippen molar-refractivity contribution in [2.75, 3.05) is 26.8 Å². The van der Waals surface area contributed by atoms with Crippen LogP contribution in [-0.2, 0) is 20.7 Å². The minimum atomic E-state index is -0.640. The van der Waals surface area contributed by atoms with Gasteiger partial charge in [-0.05, 0) is 43.4 Å². The van der Waals surface area contributed by atoms with Crippen molar-refractivity contribution < 1.29 is 14.3 Å². The molecule has 0 aromatic heterocycles. The molecular formula is C24H30N2O3. The van der Waals surface area contributed by atoms with Crippen LogP contribution < -0.4 is 5.32 Å². The number of likely N-dealkylation sites (tertiary alicyclic amines) is 1. The molecule has 1 atom stereocenters. The third-order valence-electron chi connectivity index (χ3n) is 5.51. The van der Waals surface area contributed by atoms with Crippen LogP contribution >= 0.6 is 0 Å². The maximum Gasteiger partial charge on any atom is 0.248 e. The zero-order valence-corrected chi connectivity index (χ0v) is 17.5. The number of carbonyl (C=O) groups is 2. The van der Waals surface area contributed by atoms with Crippen molar-refractivity contribution in [1.29, 1.82) is 0 Å². The Morgan fingerprint density at radius 1 is 1.10 bits per heavy atom. The van der Waals surface area contributed by atoms with Crippen LogP contribution in [0, 0.1) is 5.41 Å². The van der Waals surface area contributed by atoms with Crippen molar-refractivity contribution in [3.05, 3.63) is 60.2 Å². The number of rotatable bonds is 7. The highest BCUT2D eigenvalue weighted by molar-refractivity contribution is 5.86. The van der Waals surface area contributed by atoms with Gasteiger partial charge in [-0.25, -0.2) is 0 Å². The Morgan fingerprint density at radius 3 is 2.48 bits per heavy atom. The first kappa shape index (κ1) is 21.1. The molecule has 1 fully saturated rings. The Hall–Kier alpha value is -2.66. The van der Waals surface area contributed by atoms with Gasteiger partial charge < -0.3 is 15.0 Å². The van der Waals surface area contributed by atoms with E-state index in [2.05, 4.69) is 29.6 Å². The van der Waals surface area contributed by atoms with Crippen molar-refractivity contribution >= 4 is 11.8 Å². The lowest BCUT2D eigenvalue weighted by atomic mass is 9.78. The fourth-order valence-corrected chi connectivity index (χ4v) is 4.06. The highest BCUT2D eigenvalue weighted by Crippen LogP contribution is 2.37. The predicted octanol–water partition coefficient (Wildman–Crippen LogP) is 3.29. The molecule has 2 aromatic rings. The van der Waals surface area contributed by atoms with Crippen LogP contribution in [0.2, 0.25) is 0 Å². The minimum absolute atomic E-state index is 0.0167. The molecule has 5 nitrogen and oxygen atoms in total. The van der Waals surface area contributed by atoms with E-state index in [9.17, 15) is 9.59 Å². The van der Waals surface area contributed by atoms with Gasteiger partial charge in [0.1, 0.15) is 6.61 Å². The van der Waals surface area contributed by atoms with Gasteiger partial charge in [-0.15, -0.1) is 0 Å². The highest BCUT2D eigenvalue weighted by Gasteiger charge is 2.46. The molecule has 2 amide bonds. The zero-order valence-electron chi connectivity index (χ0n) is 17.5. The maximum absolute atomic E-state index is 13.3. The van der Waals surface area contributed by atoms with Gasteiger partial charge in [0.15, 0.2) is 0 Å². The summed E-state index contributed by atoms with van der Waals surface area (Å²) in [6.07, 6.45) is 1.23. The first-order chi connectivity index (χ1) is 13.9. The summed E-state index contributed by atoms with van der Waals surface area (Å²) in [6.45, 7) is 4.96. The summed E-state index contributed by atoms with van der Waals surface area (Å²) in [4.78, 5) is 27.4. The molecule has 1 unspecified atom stereocenters. The number of nitrogens with one attached hydrogen (secondary N) is 1. The molecule has 0 spiro atoms. The van der Waals surface area contributed by atoms with Crippen LogP contribution in [0.25, 0.3) is 11.1 Å². The van der Waals surface area contributed by atoms with Gasteiger partial charge in [0, 0.05) is 26.2 Å². The molecule has 0 radical (unpaired) electrons. The normalized spacial score (nSPS) is 18.8. The molecule has 154 valence electrons. The van der Waals surface area contributed by atoms with Crippen LogP contribution in [-0.4, -0.2) is 49.6 Å². The topological polar surface area (TPSA) is 58.6 Å². The van der Waals surface area contributed by atoms with Gasteiger partial charge in [0.25, 0.3) is 0 Å². The molecule has 1 heterocycles. The molecule has 1 N–H and O–H groups in total. The number of hydrogen-bond acceptors (Lipinski definition) is 3. The number of hydrogen-bond donors (Lipinski definition) is 1. The Kier molecular flexibility index (Phi) is 6.70. The third kappa shape index (κ3) is 4.85. The molecular weight excluding hydrogens is 364 g/mol. The van der Waals surface area contributed by atoms with Gasteiger partial charge >= 0.3 is 0 Å². The second-order valence-electron chi connectivity index (χ2n) is 8.11. The fourth-order valence-electron chi connectivity index (χ4n) is 4.06. The Bertz CT molecular complexity index is 850. The molecule has 1 aliphatic heterocycles. The first-order valence-corrected chi connectivity index (χ1v) is 10.2. The molecule has 1 aliphatic rings. The number of ether oxygens (including phenoxy) is 1. The van der Waals surface area contributed by atoms with Crippen molar-refractivity contribution in [1.82, 2.24) is 10.2 Å². The van der Waals surface area contributed by atoms with E-state index in [0.717, 1.165) is 16.7 Å². The van der Waals surface area contributed by atoms with E-state index in [-0.39, 0.29) is 24.5 Å². The fraction of sp³-hybridized carbons (Fsp3) is 0.417. The lowest BCUT2D eigenvalue weighted by Crippen LogP contribution is -2.47. The molecule has 0 aliphatic carbocycles. The number of methoxy groups -OCH3 is 1. The lowest BCUT2D eigenvalue weighted by molar-refractivity contribution is -0.136. The monoisotopic (exact) mass is 394 g/mol. The van der Waals surface area contributed by atoms with Crippen molar-refractivity contribution in [2.24, 2.45) is 5.41 Å². The van der Waals surface area contributed by atoms with Gasteiger partial charge in [0.2, 0.25) is 11.8 Å². The standard InChI is InChI=1S/C24H30N2O3/c1-18(2)25-23(28)24(13-14-26(17-24)22(27)16-29-3)15-20-11-7-8-12-21(20)19-9-5-4-6-10-19/h4-12,18H,13-17H2,1-3H3,(H,25,28). The average Bonchev–Trinajstić information content (AvgIpc) is 3.14. The quantitative estimate of drug-likeness (QED) is 0.784. The van der Waals surface area contributed by atoms with Crippen LogP contribution in [0.15, 0.2) is 54.6 Å². The van der Waals surface area contributed by atoms with E-state index in [1.54, 1.807) is 4.90 Å². The summed E-state index contributed by atoms with van der Waals surface area (Å²) in [5.41, 5.74) is 2.75. The van der Waals surface area contributed by atoms with E-state index < -0.39 is 5.41 Å². The van der Waals surface area contributed by atoms with E-state index in [0.29, 0.717) is 25.9 Å². The predicted molar refractivity (Wildman–Crippen MR) is 114 cm³/mol. The Labute approximate surface area is 173 Å². The second kappa shape index (κ2) is 9.23. The van der Waals surface area contributed by atoms with E-state index in [4.69, 9.17) is 4.74 Å². The van der Waals surface area contributed by atoms with Gasteiger partial charge in [-0.2, -0.15) is 0 Å². The Balaban J connectivity index is 1.93. The highest BCUT2D eigenvalue weighted by atomic mass is 16.5. The van der Waals surface area contributed by atoms with Crippen LogP contribution in [0.5, 0.6) is 0 Å². The zero-order chi connectivity index (χ0) is 20.9. The minimum Gasteiger partial charge on any atom is -0.375 e. The van der Waals surface area contributed by atoms with Crippen molar-refractivity contribution in [3.8, 4) is 11.1 Å². The van der Waals surface area contributed by atoms with Gasteiger partial charge in [0.05, 0.1) is 5.41 Å². The van der Waals surface area contributed by atoms with E-state index in [1.165, 1.54) is 7.11 Å². The second-order valence-corrected chi connectivity index (χ2v) is 8.11. The molecule has 1 saturated heterocycles. The van der Waals surface area contributed by atoms with Crippen LogP contribution in [0.4, 0.5) is 0 Å². The number of amides is 2. The average molecular weight is 395 g/mol. The van der Waals surface area contributed by atoms with Crippen molar-refractivity contribution in [3.63, 3.8) is 0 Å². The molecule has 5 heteroatoms. The van der Waals surface area contributed by atoms with Crippen molar-refractivity contribution in [2.45, 2.75) is 32.7 Å². The number of nitrogens with zero attached hydrogens (tertiary/aromatic N) is 1. The van der Waals surface area contributed by atoms with Crippen LogP contribution in [0.1, 0.15) is 25.8 Å². The molecule has 2 aromatic carbocycles. The van der Waals surface area contributed by atoms with Crippen LogP contribution in [0.3, 0.4) is 0 Å². The maximum atomic E-state index is 13.3. The van der Waals surface area contributed by atoms with Gasteiger partial charge in [-0.3, -0.25) is 9.59 Å². The summed E-state index contributed by atoms with van der Waals surface area (Å²) in [7, 11) is 1.52. The van der Waals surface area contributed by atoms with E-state index in [1.807, 2.05) is 44.2 Å². The summed E-state index contributed by atoms with van der Waals surface area (Å²) in [6, 6.07) is 18.5. The third-order valence-corrected chi connectivity index (χ3v) is 5.51. The Morgan fingerprint density at radius 2 is 1.79 bits per heavy atom. The largest absolute Gasteiger partial charge is 0.375 e. The number of carbonyl (C=O) groups excluding carboxylic acids is 2. The molecule has 3 rings (SSSR count). The van der Waals surface area contributed by atoms with Gasteiger partial charge in [-0.1, -0.05) is 54.6 Å². The summed E-state index contributed by atoms with van der Waals surface area (Å²) in [5.74, 6) is -0.0499. The summed E-state index contributed by atoms with van der Waals surface area (Å²) < 4.78 is 5.01.